The first-order valence-corrected chi connectivity index (χ1v) is 9.47. The van der Waals surface area contributed by atoms with Gasteiger partial charge in [0.1, 0.15) is 11.6 Å². The SMILES string of the molecule is CCc1cc(=O)[nH]c(-c2ccc(NC(C)CCC3CCCC3)nc2)n1. The van der Waals surface area contributed by atoms with E-state index in [0.29, 0.717) is 11.9 Å². The van der Waals surface area contributed by atoms with Crippen molar-refractivity contribution in [2.75, 3.05) is 5.32 Å². The Morgan fingerprint density at radius 3 is 2.80 bits per heavy atom. The van der Waals surface area contributed by atoms with E-state index in [-0.39, 0.29) is 5.56 Å². The van der Waals surface area contributed by atoms with Gasteiger partial charge in [0.25, 0.3) is 5.56 Å². The zero-order valence-electron chi connectivity index (χ0n) is 15.2. The first kappa shape index (κ1) is 17.6. The molecule has 0 bridgehead atoms. The maximum atomic E-state index is 11.7. The minimum absolute atomic E-state index is 0.121. The Labute approximate surface area is 149 Å². The summed E-state index contributed by atoms with van der Waals surface area (Å²) in [6.07, 6.45) is 10.6. The molecule has 2 aromatic heterocycles. The van der Waals surface area contributed by atoms with E-state index >= 15 is 0 Å². The van der Waals surface area contributed by atoms with Gasteiger partial charge in [-0.05, 0) is 44.2 Å². The maximum absolute atomic E-state index is 11.7. The fraction of sp³-hybridized carbons (Fsp3) is 0.550. The van der Waals surface area contributed by atoms with Crippen LogP contribution in [0.15, 0.2) is 29.2 Å². The lowest BCUT2D eigenvalue weighted by atomic mass is 9.99. The molecule has 2 heterocycles. The summed E-state index contributed by atoms with van der Waals surface area (Å²) in [5.74, 6) is 2.38. The highest BCUT2D eigenvalue weighted by molar-refractivity contribution is 5.55. The number of hydrogen-bond acceptors (Lipinski definition) is 4. The number of nitrogens with zero attached hydrogens (tertiary/aromatic N) is 2. The third kappa shape index (κ3) is 4.91. The second-order valence-electron chi connectivity index (χ2n) is 7.14. The molecule has 1 aliphatic rings. The highest BCUT2D eigenvalue weighted by Gasteiger charge is 2.16. The number of anilines is 1. The van der Waals surface area contributed by atoms with Crippen LogP contribution in [0.3, 0.4) is 0 Å². The number of aryl methyl sites for hydroxylation is 1. The second kappa shape index (κ2) is 8.28. The quantitative estimate of drug-likeness (QED) is 0.794. The van der Waals surface area contributed by atoms with Crippen LogP contribution in [0, 0.1) is 5.92 Å². The van der Waals surface area contributed by atoms with Crippen molar-refractivity contribution in [1.82, 2.24) is 15.0 Å². The molecule has 0 aliphatic heterocycles. The summed E-state index contributed by atoms with van der Waals surface area (Å²) in [4.78, 5) is 23.4. The van der Waals surface area contributed by atoms with Crippen molar-refractivity contribution in [2.45, 2.75) is 64.8 Å². The molecule has 0 amide bonds. The molecule has 1 aliphatic carbocycles. The van der Waals surface area contributed by atoms with E-state index in [1.54, 1.807) is 12.3 Å². The van der Waals surface area contributed by atoms with Gasteiger partial charge < -0.3 is 10.3 Å². The van der Waals surface area contributed by atoms with Crippen molar-refractivity contribution >= 4 is 5.82 Å². The summed E-state index contributed by atoms with van der Waals surface area (Å²) in [7, 11) is 0. The van der Waals surface area contributed by atoms with E-state index in [2.05, 4.69) is 27.2 Å². The Hall–Kier alpha value is -2.17. The van der Waals surface area contributed by atoms with Crippen molar-refractivity contribution in [3.8, 4) is 11.4 Å². The molecule has 5 heteroatoms. The highest BCUT2D eigenvalue weighted by Crippen LogP contribution is 2.29. The Balaban J connectivity index is 1.60. The molecular formula is C20H28N4O. The second-order valence-corrected chi connectivity index (χ2v) is 7.14. The molecule has 5 nitrogen and oxygen atoms in total. The predicted octanol–water partition coefficient (Wildman–Crippen LogP) is 4.17. The van der Waals surface area contributed by atoms with Crippen LogP contribution >= 0.6 is 0 Å². The molecule has 2 aromatic rings. The number of hydrogen-bond donors (Lipinski definition) is 2. The molecular weight excluding hydrogens is 312 g/mol. The molecule has 1 atom stereocenters. The van der Waals surface area contributed by atoms with E-state index < -0.39 is 0 Å². The highest BCUT2D eigenvalue weighted by atomic mass is 16.1. The van der Waals surface area contributed by atoms with Crippen LogP contribution in [0.25, 0.3) is 11.4 Å². The Morgan fingerprint density at radius 2 is 2.12 bits per heavy atom. The number of pyridine rings is 1. The number of aromatic amines is 1. The van der Waals surface area contributed by atoms with Gasteiger partial charge in [0, 0.05) is 29.6 Å². The molecule has 1 saturated carbocycles. The minimum Gasteiger partial charge on any atom is -0.368 e. The summed E-state index contributed by atoms with van der Waals surface area (Å²) in [5.41, 5.74) is 1.50. The largest absolute Gasteiger partial charge is 0.368 e. The van der Waals surface area contributed by atoms with Crippen LogP contribution in [0.1, 0.15) is 58.1 Å². The summed E-state index contributed by atoms with van der Waals surface area (Å²) in [6.45, 7) is 4.21. The van der Waals surface area contributed by atoms with Crippen molar-refractivity contribution in [1.29, 1.82) is 0 Å². The molecule has 0 saturated heterocycles. The van der Waals surface area contributed by atoms with Gasteiger partial charge in [0.05, 0.1) is 0 Å². The molecule has 2 N–H and O–H groups in total. The normalized spacial score (nSPS) is 16.1. The van der Waals surface area contributed by atoms with Gasteiger partial charge in [0.2, 0.25) is 0 Å². The number of aromatic nitrogens is 3. The van der Waals surface area contributed by atoms with Gasteiger partial charge in [-0.2, -0.15) is 0 Å². The van der Waals surface area contributed by atoms with Crippen LogP contribution in [-0.4, -0.2) is 21.0 Å². The third-order valence-corrected chi connectivity index (χ3v) is 5.07. The molecule has 1 fully saturated rings. The van der Waals surface area contributed by atoms with Gasteiger partial charge in [0.15, 0.2) is 0 Å². The van der Waals surface area contributed by atoms with Crippen LogP contribution in [-0.2, 0) is 6.42 Å². The van der Waals surface area contributed by atoms with E-state index in [4.69, 9.17) is 0 Å². The average molecular weight is 340 g/mol. The van der Waals surface area contributed by atoms with Gasteiger partial charge in [-0.15, -0.1) is 0 Å². The van der Waals surface area contributed by atoms with E-state index in [0.717, 1.165) is 29.4 Å². The van der Waals surface area contributed by atoms with Gasteiger partial charge in [-0.1, -0.05) is 32.6 Å². The third-order valence-electron chi connectivity index (χ3n) is 5.07. The van der Waals surface area contributed by atoms with E-state index in [1.165, 1.54) is 38.5 Å². The zero-order chi connectivity index (χ0) is 17.6. The molecule has 0 aromatic carbocycles. The van der Waals surface area contributed by atoms with Crippen molar-refractivity contribution in [2.24, 2.45) is 5.92 Å². The van der Waals surface area contributed by atoms with Crippen LogP contribution < -0.4 is 10.9 Å². The molecule has 0 radical (unpaired) electrons. The Kier molecular flexibility index (Phi) is 5.84. The summed E-state index contributed by atoms with van der Waals surface area (Å²) in [5, 5.41) is 3.47. The molecule has 1 unspecified atom stereocenters. The Bertz CT molecular complexity index is 732. The van der Waals surface area contributed by atoms with Gasteiger partial charge >= 0.3 is 0 Å². The Morgan fingerprint density at radius 1 is 1.32 bits per heavy atom. The lowest BCUT2D eigenvalue weighted by molar-refractivity contribution is 0.467. The average Bonchev–Trinajstić information content (AvgIpc) is 3.13. The van der Waals surface area contributed by atoms with Gasteiger partial charge in [-0.3, -0.25) is 4.79 Å². The van der Waals surface area contributed by atoms with Crippen molar-refractivity contribution in [3.05, 3.63) is 40.4 Å². The predicted molar refractivity (Wildman–Crippen MR) is 102 cm³/mol. The molecule has 25 heavy (non-hydrogen) atoms. The summed E-state index contributed by atoms with van der Waals surface area (Å²) in [6, 6.07) is 5.87. The number of rotatable bonds is 7. The van der Waals surface area contributed by atoms with Crippen LogP contribution in [0.5, 0.6) is 0 Å². The fourth-order valence-electron chi connectivity index (χ4n) is 3.55. The van der Waals surface area contributed by atoms with Crippen molar-refractivity contribution < 1.29 is 0 Å². The topological polar surface area (TPSA) is 70.7 Å². The lowest BCUT2D eigenvalue weighted by Gasteiger charge is -2.17. The lowest BCUT2D eigenvalue weighted by Crippen LogP contribution is -2.17. The summed E-state index contributed by atoms with van der Waals surface area (Å²) >= 11 is 0. The first-order valence-electron chi connectivity index (χ1n) is 9.47. The molecule has 134 valence electrons. The number of H-pyrrole nitrogens is 1. The maximum Gasteiger partial charge on any atom is 0.251 e. The zero-order valence-corrected chi connectivity index (χ0v) is 15.2. The minimum atomic E-state index is -0.121. The van der Waals surface area contributed by atoms with Crippen LogP contribution in [0.4, 0.5) is 5.82 Å². The van der Waals surface area contributed by atoms with Gasteiger partial charge in [-0.25, -0.2) is 9.97 Å². The first-order chi connectivity index (χ1) is 12.1. The van der Waals surface area contributed by atoms with E-state index in [1.807, 2.05) is 19.1 Å². The van der Waals surface area contributed by atoms with E-state index in [9.17, 15) is 4.79 Å². The van der Waals surface area contributed by atoms with Crippen molar-refractivity contribution in [3.63, 3.8) is 0 Å². The monoisotopic (exact) mass is 340 g/mol. The summed E-state index contributed by atoms with van der Waals surface area (Å²) < 4.78 is 0. The smallest absolute Gasteiger partial charge is 0.251 e. The van der Waals surface area contributed by atoms with Crippen LogP contribution in [0.2, 0.25) is 0 Å². The fourth-order valence-corrected chi connectivity index (χ4v) is 3.55. The molecule has 3 rings (SSSR count). The molecule has 0 spiro atoms. The standard InChI is InChI=1S/C20H28N4O/c1-3-17-12-19(25)24-20(23-17)16-10-11-18(21-13-16)22-14(2)8-9-15-6-4-5-7-15/h10-15H,3-9H2,1-2H3,(H,21,22)(H,23,24,25). The number of nitrogens with one attached hydrogen (secondary N) is 2.